The van der Waals surface area contributed by atoms with Crippen LogP contribution < -0.4 is 0 Å². The molecule has 0 aliphatic heterocycles. The number of aromatic nitrogens is 2. The van der Waals surface area contributed by atoms with E-state index in [2.05, 4.69) is 10.1 Å². The Kier molecular flexibility index (Phi) is 5.59. The smallest absolute Gasteiger partial charge is 0.254 e. The van der Waals surface area contributed by atoms with Gasteiger partial charge >= 0.3 is 0 Å². The lowest BCUT2D eigenvalue weighted by molar-refractivity contribution is 0.0734. The maximum absolute atomic E-state index is 12.7. The summed E-state index contributed by atoms with van der Waals surface area (Å²) in [5.74, 6) is 0.694. The zero-order valence-corrected chi connectivity index (χ0v) is 15.9. The van der Waals surface area contributed by atoms with Gasteiger partial charge in [0.1, 0.15) is 6.54 Å². The van der Waals surface area contributed by atoms with Crippen molar-refractivity contribution in [2.75, 3.05) is 6.54 Å². The summed E-state index contributed by atoms with van der Waals surface area (Å²) in [4.78, 5) is 18.7. The van der Waals surface area contributed by atoms with E-state index in [0.29, 0.717) is 33.9 Å². The Balaban J connectivity index is 1.78. The van der Waals surface area contributed by atoms with Crippen molar-refractivity contribution >= 4 is 29.1 Å². The van der Waals surface area contributed by atoms with Crippen molar-refractivity contribution in [3.05, 3.63) is 69.5 Å². The SMILES string of the molecule is CCN(Cc1nc(-c2cccc(C)c2)no1)C(=O)c1ccc(Cl)c(Cl)c1. The fraction of sp³-hybridized carbons (Fsp3) is 0.211. The fourth-order valence-electron chi connectivity index (χ4n) is 2.52. The Labute approximate surface area is 161 Å². The van der Waals surface area contributed by atoms with Gasteiger partial charge in [0, 0.05) is 17.7 Å². The zero-order chi connectivity index (χ0) is 18.7. The van der Waals surface area contributed by atoms with Crippen molar-refractivity contribution in [2.45, 2.75) is 20.4 Å². The number of hydrogen-bond donors (Lipinski definition) is 0. The summed E-state index contributed by atoms with van der Waals surface area (Å²) in [6, 6.07) is 12.6. The van der Waals surface area contributed by atoms with Gasteiger partial charge in [-0.1, -0.05) is 52.1 Å². The predicted molar refractivity (Wildman–Crippen MR) is 101 cm³/mol. The molecule has 0 saturated heterocycles. The van der Waals surface area contributed by atoms with Crippen LogP contribution >= 0.6 is 23.2 Å². The molecule has 134 valence electrons. The third-order valence-electron chi connectivity index (χ3n) is 3.91. The second kappa shape index (κ2) is 7.89. The first-order chi connectivity index (χ1) is 12.5. The third-order valence-corrected chi connectivity index (χ3v) is 4.64. The topological polar surface area (TPSA) is 59.2 Å². The Morgan fingerprint density at radius 2 is 1.96 bits per heavy atom. The lowest BCUT2D eigenvalue weighted by atomic mass is 10.1. The van der Waals surface area contributed by atoms with Crippen molar-refractivity contribution in [1.82, 2.24) is 15.0 Å². The summed E-state index contributed by atoms with van der Waals surface area (Å²) in [5, 5.41) is 4.76. The Bertz CT molecular complexity index is 940. The number of amides is 1. The number of aryl methyl sites for hydroxylation is 1. The molecule has 1 heterocycles. The molecule has 0 bridgehead atoms. The van der Waals surface area contributed by atoms with Crippen molar-refractivity contribution in [3.8, 4) is 11.4 Å². The molecule has 3 rings (SSSR count). The lowest BCUT2D eigenvalue weighted by Gasteiger charge is -2.19. The van der Waals surface area contributed by atoms with E-state index in [1.165, 1.54) is 0 Å². The number of nitrogens with zero attached hydrogens (tertiary/aromatic N) is 3. The Morgan fingerprint density at radius 3 is 2.65 bits per heavy atom. The standard InChI is InChI=1S/C19H17Cl2N3O2/c1-3-24(19(25)14-7-8-15(20)16(21)10-14)11-17-22-18(23-26-17)13-6-4-5-12(2)9-13/h4-10H,3,11H2,1-2H3. The van der Waals surface area contributed by atoms with Crippen LogP contribution in [-0.4, -0.2) is 27.5 Å². The van der Waals surface area contributed by atoms with Crippen molar-refractivity contribution < 1.29 is 9.32 Å². The molecule has 1 aromatic heterocycles. The van der Waals surface area contributed by atoms with E-state index < -0.39 is 0 Å². The molecular weight excluding hydrogens is 373 g/mol. The highest BCUT2D eigenvalue weighted by atomic mass is 35.5. The predicted octanol–water partition coefficient (Wildman–Crippen LogP) is 5.01. The van der Waals surface area contributed by atoms with Crippen LogP contribution in [0.5, 0.6) is 0 Å². The summed E-state index contributed by atoms with van der Waals surface area (Å²) < 4.78 is 5.32. The third kappa shape index (κ3) is 4.06. The van der Waals surface area contributed by atoms with Crippen molar-refractivity contribution in [2.24, 2.45) is 0 Å². The van der Waals surface area contributed by atoms with E-state index in [4.69, 9.17) is 27.7 Å². The molecule has 0 atom stereocenters. The van der Waals surface area contributed by atoms with Crippen LogP contribution in [0.1, 0.15) is 28.7 Å². The van der Waals surface area contributed by atoms with Crippen LogP contribution in [0.4, 0.5) is 0 Å². The highest BCUT2D eigenvalue weighted by Crippen LogP contribution is 2.24. The molecule has 3 aromatic rings. The van der Waals surface area contributed by atoms with E-state index in [0.717, 1.165) is 11.1 Å². The Hall–Kier alpha value is -2.37. The monoisotopic (exact) mass is 389 g/mol. The highest BCUT2D eigenvalue weighted by molar-refractivity contribution is 6.42. The molecule has 0 N–H and O–H groups in total. The number of carbonyl (C=O) groups excluding carboxylic acids is 1. The number of halogens is 2. The normalized spacial score (nSPS) is 10.8. The molecule has 0 spiro atoms. The van der Waals surface area contributed by atoms with E-state index in [-0.39, 0.29) is 12.5 Å². The summed E-state index contributed by atoms with van der Waals surface area (Å²) >= 11 is 11.9. The van der Waals surface area contributed by atoms with Gasteiger partial charge in [-0.15, -0.1) is 0 Å². The van der Waals surface area contributed by atoms with E-state index >= 15 is 0 Å². The van der Waals surface area contributed by atoms with Crippen LogP contribution in [0.15, 0.2) is 47.0 Å². The number of rotatable bonds is 5. The maximum Gasteiger partial charge on any atom is 0.254 e. The van der Waals surface area contributed by atoms with Gasteiger partial charge in [-0.05, 0) is 38.1 Å². The van der Waals surface area contributed by atoms with Crippen LogP contribution in [0.2, 0.25) is 10.0 Å². The fourth-order valence-corrected chi connectivity index (χ4v) is 2.82. The quantitative estimate of drug-likeness (QED) is 0.614. The number of benzene rings is 2. The second-order valence-electron chi connectivity index (χ2n) is 5.83. The molecule has 0 saturated carbocycles. The summed E-state index contributed by atoms with van der Waals surface area (Å²) in [6.07, 6.45) is 0. The highest BCUT2D eigenvalue weighted by Gasteiger charge is 2.19. The lowest BCUT2D eigenvalue weighted by Crippen LogP contribution is -2.30. The van der Waals surface area contributed by atoms with E-state index in [1.54, 1.807) is 23.1 Å². The molecule has 0 fully saturated rings. The minimum Gasteiger partial charge on any atom is -0.337 e. The largest absolute Gasteiger partial charge is 0.337 e. The van der Waals surface area contributed by atoms with Gasteiger partial charge in [0.05, 0.1) is 10.0 Å². The van der Waals surface area contributed by atoms with Gasteiger partial charge in [-0.25, -0.2) is 0 Å². The van der Waals surface area contributed by atoms with E-state index in [1.807, 2.05) is 38.1 Å². The first kappa shape index (κ1) is 18.4. The van der Waals surface area contributed by atoms with Gasteiger partial charge in [-0.3, -0.25) is 4.79 Å². The minimum atomic E-state index is -0.179. The molecule has 1 amide bonds. The van der Waals surface area contributed by atoms with Crippen LogP contribution in [0.25, 0.3) is 11.4 Å². The van der Waals surface area contributed by atoms with Gasteiger partial charge in [0.2, 0.25) is 11.7 Å². The minimum absolute atomic E-state index is 0.179. The van der Waals surface area contributed by atoms with Crippen LogP contribution in [0, 0.1) is 6.92 Å². The van der Waals surface area contributed by atoms with Crippen molar-refractivity contribution in [1.29, 1.82) is 0 Å². The molecule has 0 aliphatic carbocycles. The van der Waals surface area contributed by atoms with Gasteiger partial charge in [0.25, 0.3) is 5.91 Å². The number of hydrogen-bond acceptors (Lipinski definition) is 4. The van der Waals surface area contributed by atoms with E-state index in [9.17, 15) is 4.79 Å². The number of carbonyl (C=O) groups is 1. The zero-order valence-electron chi connectivity index (χ0n) is 14.4. The molecule has 0 radical (unpaired) electrons. The van der Waals surface area contributed by atoms with Crippen LogP contribution in [-0.2, 0) is 6.54 Å². The average molecular weight is 390 g/mol. The molecule has 5 nitrogen and oxygen atoms in total. The molecule has 26 heavy (non-hydrogen) atoms. The maximum atomic E-state index is 12.7. The summed E-state index contributed by atoms with van der Waals surface area (Å²) in [7, 11) is 0. The van der Waals surface area contributed by atoms with Crippen molar-refractivity contribution in [3.63, 3.8) is 0 Å². The Morgan fingerprint density at radius 1 is 1.15 bits per heavy atom. The second-order valence-corrected chi connectivity index (χ2v) is 6.64. The molecule has 0 unspecified atom stereocenters. The first-order valence-corrected chi connectivity index (χ1v) is 8.87. The summed E-state index contributed by atoms with van der Waals surface area (Å²) in [6.45, 7) is 4.59. The van der Waals surface area contributed by atoms with Gasteiger partial charge < -0.3 is 9.42 Å². The molecule has 0 aliphatic rings. The van der Waals surface area contributed by atoms with Gasteiger partial charge in [-0.2, -0.15) is 4.98 Å². The van der Waals surface area contributed by atoms with Crippen LogP contribution in [0.3, 0.4) is 0 Å². The summed E-state index contributed by atoms with van der Waals surface area (Å²) in [5.41, 5.74) is 2.44. The first-order valence-electron chi connectivity index (χ1n) is 8.12. The molecular formula is C19H17Cl2N3O2. The molecule has 2 aromatic carbocycles. The molecule has 7 heteroatoms. The average Bonchev–Trinajstić information content (AvgIpc) is 3.10. The van der Waals surface area contributed by atoms with Gasteiger partial charge in [0.15, 0.2) is 0 Å².